The van der Waals surface area contributed by atoms with Crippen molar-refractivity contribution in [1.82, 2.24) is 16.0 Å². The summed E-state index contributed by atoms with van der Waals surface area (Å²) < 4.78 is 0. The average Bonchev–Trinajstić information content (AvgIpc) is 2.70. The maximum Gasteiger partial charge on any atom is 0.326 e. The second-order valence-corrected chi connectivity index (χ2v) is 7.93. The van der Waals surface area contributed by atoms with Crippen LogP contribution in [0.1, 0.15) is 39.5 Å². The van der Waals surface area contributed by atoms with Crippen molar-refractivity contribution in [3.05, 3.63) is 0 Å². The molecule has 11 nitrogen and oxygen atoms in total. The van der Waals surface area contributed by atoms with Crippen LogP contribution in [0, 0.1) is 5.92 Å². The van der Waals surface area contributed by atoms with Gasteiger partial charge in [-0.25, -0.2) is 4.79 Å². The Labute approximate surface area is 180 Å². The average molecular weight is 448 g/mol. The molecular formula is C18H33N5O6S. The summed E-state index contributed by atoms with van der Waals surface area (Å²) in [6.07, 6.45) is 2.64. The highest BCUT2D eigenvalue weighted by Crippen LogP contribution is 2.09. The Hall–Kier alpha value is -2.34. The lowest BCUT2D eigenvalue weighted by Crippen LogP contribution is -2.56. The van der Waals surface area contributed by atoms with Gasteiger partial charge in [0.1, 0.15) is 12.1 Å². The molecule has 0 saturated carbocycles. The molecule has 0 radical (unpaired) electrons. The number of hydrogen-bond acceptors (Lipinski definition) is 7. The smallest absolute Gasteiger partial charge is 0.326 e. The van der Waals surface area contributed by atoms with Gasteiger partial charge >= 0.3 is 5.97 Å². The lowest BCUT2D eigenvalue weighted by Gasteiger charge is -2.25. The second-order valence-electron chi connectivity index (χ2n) is 6.94. The molecule has 172 valence electrons. The standard InChI is InChI=1S/C18H33N5O6S/c1-4-10(2)15(17(27)22-12(18(28)29)7-8-30-3)23-14(25)9-21-16(26)11(19)5-6-13(20)24/h10-12,15H,4-9,19H2,1-3H3,(H2,20,24)(H,21,26)(H,22,27)(H,23,25)(H,28,29). The topological polar surface area (TPSA) is 194 Å². The summed E-state index contributed by atoms with van der Waals surface area (Å²) in [5.41, 5.74) is 10.6. The summed E-state index contributed by atoms with van der Waals surface area (Å²) in [4.78, 5) is 58.8. The normalized spacial score (nSPS) is 14.7. The Bertz CT molecular complexity index is 618. The van der Waals surface area contributed by atoms with Gasteiger partial charge in [0.25, 0.3) is 0 Å². The van der Waals surface area contributed by atoms with E-state index in [0.717, 1.165) is 0 Å². The SMILES string of the molecule is CCC(C)C(NC(=O)CNC(=O)C(N)CCC(N)=O)C(=O)NC(CCSC)C(=O)O. The largest absolute Gasteiger partial charge is 0.480 e. The predicted octanol–water partition coefficient (Wildman–Crippen LogP) is -1.45. The van der Waals surface area contributed by atoms with Gasteiger partial charge in [-0.1, -0.05) is 20.3 Å². The van der Waals surface area contributed by atoms with Gasteiger partial charge in [-0.15, -0.1) is 0 Å². The second kappa shape index (κ2) is 14.6. The van der Waals surface area contributed by atoms with E-state index in [-0.39, 0.29) is 25.2 Å². The lowest BCUT2D eigenvalue weighted by molar-refractivity contribution is -0.142. The van der Waals surface area contributed by atoms with Gasteiger partial charge < -0.3 is 32.5 Å². The molecule has 0 heterocycles. The zero-order valence-corrected chi connectivity index (χ0v) is 18.4. The highest BCUT2D eigenvalue weighted by Gasteiger charge is 2.29. The van der Waals surface area contributed by atoms with E-state index in [2.05, 4.69) is 16.0 Å². The molecule has 0 fully saturated rings. The van der Waals surface area contributed by atoms with Crippen LogP contribution in [-0.4, -0.2) is 71.4 Å². The quantitative estimate of drug-likeness (QED) is 0.175. The molecule has 0 aliphatic rings. The molecule has 8 N–H and O–H groups in total. The first-order valence-electron chi connectivity index (χ1n) is 9.66. The van der Waals surface area contributed by atoms with Gasteiger partial charge in [-0.3, -0.25) is 19.2 Å². The van der Waals surface area contributed by atoms with E-state index in [9.17, 15) is 29.1 Å². The predicted molar refractivity (Wildman–Crippen MR) is 113 cm³/mol. The number of thioether (sulfide) groups is 1. The fraction of sp³-hybridized carbons (Fsp3) is 0.722. The van der Waals surface area contributed by atoms with Crippen LogP contribution in [-0.2, 0) is 24.0 Å². The molecule has 0 rings (SSSR count). The molecule has 0 aromatic rings. The van der Waals surface area contributed by atoms with Gasteiger partial charge in [0.05, 0.1) is 12.6 Å². The molecule has 0 saturated heterocycles. The summed E-state index contributed by atoms with van der Waals surface area (Å²) in [6, 6.07) is -3.01. The minimum absolute atomic E-state index is 0.0489. The van der Waals surface area contributed by atoms with Crippen LogP contribution in [0.2, 0.25) is 0 Å². The van der Waals surface area contributed by atoms with Crippen molar-refractivity contribution in [1.29, 1.82) is 0 Å². The Morgan fingerprint density at radius 2 is 1.70 bits per heavy atom. The van der Waals surface area contributed by atoms with Crippen molar-refractivity contribution in [3.8, 4) is 0 Å². The van der Waals surface area contributed by atoms with E-state index in [4.69, 9.17) is 11.5 Å². The molecular weight excluding hydrogens is 414 g/mol. The van der Waals surface area contributed by atoms with E-state index in [1.807, 2.05) is 13.2 Å². The molecule has 4 unspecified atom stereocenters. The number of rotatable bonds is 15. The zero-order valence-electron chi connectivity index (χ0n) is 17.6. The Balaban J connectivity index is 4.86. The number of nitrogens with two attached hydrogens (primary N) is 2. The van der Waals surface area contributed by atoms with E-state index in [0.29, 0.717) is 12.2 Å². The molecule has 4 atom stereocenters. The highest BCUT2D eigenvalue weighted by atomic mass is 32.2. The molecule has 0 aliphatic carbocycles. The Morgan fingerprint density at radius 1 is 1.07 bits per heavy atom. The van der Waals surface area contributed by atoms with Crippen LogP contribution in [0.3, 0.4) is 0 Å². The Kier molecular flexibility index (Phi) is 13.5. The number of hydrogen-bond donors (Lipinski definition) is 6. The van der Waals surface area contributed by atoms with Gasteiger partial charge in [0.2, 0.25) is 23.6 Å². The number of amides is 4. The molecule has 30 heavy (non-hydrogen) atoms. The number of primary amides is 1. The first-order chi connectivity index (χ1) is 14.0. The van der Waals surface area contributed by atoms with E-state index < -0.39 is 54.3 Å². The molecule has 0 bridgehead atoms. The number of carboxylic acids is 1. The molecule has 0 aliphatic heterocycles. The Morgan fingerprint density at radius 3 is 2.20 bits per heavy atom. The van der Waals surface area contributed by atoms with Crippen LogP contribution in [0.15, 0.2) is 0 Å². The van der Waals surface area contributed by atoms with Crippen molar-refractivity contribution in [2.24, 2.45) is 17.4 Å². The maximum atomic E-state index is 12.6. The van der Waals surface area contributed by atoms with Crippen LogP contribution in [0.25, 0.3) is 0 Å². The minimum Gasteiger partial charge on any atom is -0.480 e. The summed E-state index contributed by atoms with van der Waals surface area (Å²) in [5.74, 6) is -3.30. The monoisotopic (exact) mass is 447 g/mol. The van der Waals surface area contributed by atoms with Gasteiger partial charge in [0, 0.05) is 6.42 Å². The highest BCUT2D eigenvalue weighted by molar-refractivity contribution is 7.98. The number of aliphatic carboxylic acids is 1. The van der Waals surface area contributed by atoms with Crippen molar-refractivity contribution < 1.29 is 29.1 Å². The van der Waals surface area contributed by atoms with E-state index in [1.165, 1.54) is 11.8 Å². The van der Waals surface area contributed by atoms with Crippen molar-refractivity contribution in [2.75, 3.05) is 18.6 Å². The first-order valence-corrected chi connectivity index (χ1v) is 11.1. The number of carbonyl (C=O) groups excluding carboxylic acids is 4. The summed E-state index contributed by atoms with van der Waals surface area (Å²) in [7, 11) is 0. The van der Waals surface area contributed by atoms with Crippen molar-refractivity contribution in [2.45, 2.75) is 57.7 Å². The van der Waals surface area contributed by atoms with Crippen LogP contribution in [0.5, 0.6) is 0 Å². The summed E-state index contributed by atoms with van der Waals surface area (Å²) >= 11 is 1.46. The number of carboxylic acid groups (broad SMARTS) is 1. The third kappa shape index (κ3) is 11.0. The van der Waals surface area contributed by atoms with E-state index in [1.54, 1.807) is 6.92 Å². The molecule has 0 aromatic heterocycles. The molecule has 12 heteroatoms. The lowest BCUT2D eigenvalue weighted by atomic mass is 9.97. The minimum atomic E-state index is -1.15. The fourth-order valence-corrected chi connectivity index (χ4v) is 2.88. The number of nitrogens with one attached hydrogen (secondary N) is 3. The van der Waals surface area contributed by atoms with Gasteiger partial charge in [0.15, 0.2) is 0 Å². The van der Waals surface area contributed by atoms with E-state index >= 15 is 0 Å². The van der Waals surface area contributed by atoms with Crippen molar-refractivity contribution >= 4 is 41.4 Å². The maximum absolute atomic E-state index is 12.6. The van der Waals surface area contributed by atoms with Gasteiger partial charge in [-0.05, 0) is 30.8 Å². The van der Waals surface area contributed by atoms with Crippen LogP contribution in [0.4, 0.5) is 0 Å². The molecule has 0 spiro atoms. The fourth-order valence-electron chi connectivity index (χ4n) is 2.41. The molecule has 4 amide bonds. The van der Waals surface area contributed by atoms with Crippen molar-refractivity contribution in [3.63, 3.8) is 0 Å². The third-order valence-electron chi connectivity index (χ3n) is 4.50. The van der Waals surface area contributed by atoms with Gasteiger partial charge in [-0.2, -0.15) is 11.8 Å². The number of carbonyl (C=O) groups is 5. The molecule has 0 aromatic carbocycles. The third-order valence-corrected chi connectivity index (χ3v) is 5.14. The van der Waals surface area contributed by atoms with Crippen LogP contribution >= 0.6 is 11.8 Å². The van der Waals surface area contributed by atoms with Crippen LogP contribution < -0.4 is 27.4 Å². The first kappa shape index (κ1) is 27.7. The summed E-state index contributed by atoms with van der Waals surface area (Å²) in [5, 5.41) is 16.6. The zero-order chi connectivity index (χ0) is 23.3. The summed E-state index contributed by atoms with van der Waals surface area (Å²) in [6.45, 7) is 3.16.